The summed E-state index contributed by atoms with van der Waals surface area (Å²) in [7, 11) is 0. The molecule has 1 fully saturated rings. The number of ether oxygens (including phenoxy) is 1. The molecule has 0 amide bonds. The molecule has 2 heterocycles. The number of nitro groups is 1. The van der Waals surface area contributed by atoms with Crippen LogP contribution in [-0.2, 0) is 9.53 Å². The van der Waals surface area contributed by atoms with E-state index >= 15 is 0 Å². The molecule has 0 spiro atoms. The number of esters is 1. The number of hydrogen-bond donors (Lipinski definition) is 0. The van der Waals surface area contributed by atoms with Crippen LogP contribution in [0.4, 0.5) is 5.69 Å². The summed E-state index contributed by atoms with van der Waals surface area (Å²) < 4.78 is 5.00. The maximum Gasteiger partial charge on any atom is 0.320 e. The minimum atomic E-state index is -0.397. The molecule has 1 aliphatic heterocycles. The van der Waals surface area contributed by atoms with Crippen molar-refractivity contribution in [1.29, 1.82) is 0 Å². The second-order valence-electron chi connectivity index (χ2n) is 6.22. The summed E-state index contributed by atoms with van der Waals surface area (Å²) >= 11 is 1.64. The molecule has 2 aromatic rings. The van der Waals surface area contributed by atoms with Gasteiger partial charge in [-0.3, -0.25) is 19.8 Å². The van der Waals surface area contributed by atoms with Gasteiger partial charge in [0.15, 0.2) is 0 Å². The summed E-state index contributed by atoms with van der Waals surface area (Å²) in [5.41, 5.74) is 1.03. The fraction of sp³-hybridized carbons (Fsp3) is 0.444. The Bertz CT molecular complexity index is 767. The van der Waals surface area contributed by atoms with Gasteiger partial charge in [0.1, 0.15) is 0 Å². The van der Waals surface area contributed by atoms with Gasteiger partial charge in [-0.25, -0.2) is 4.98 Å². The SMILES string of the molecule is CCOC(=O)CN1CCC(c2ncc(-c3ccc([N+](=O)[O-])cc3)s2)CC1. The smallest absolute Gasteiger partial charge is 0.320 e. The number of hydrogen-bond acceptors (Lipinski definition) is 7. The Kier molecular flexibility index (Phi) is 5.95. The van der Waals surface area contributed by atoms with Gasteiger partial charge in [-0.05, 0) is 50.6 Å². The zero-order chi connectivity index (χ0) is 18.5. The van der Waals surface area contributed by atoms with E-state index < -0.39 is 4.92 Å². The summed E-state index contributed by atoms with van der Waals surface area (Å²) in [5.74, 6) is 0.228. The first-order valence-electron chi connectivity index (χ1n) is 8.65. The van der Waals surface area contributed by atoms with Gasteiger partial charge in [0, 0.05) is 24.2 Å². The summed E-state index contributed by atoms with van der Waals surface area (Å²) in [6, 6.07) is 6.56. The summed E-state index contributed by atoms with van der Waals surface area (Å²) in [5, 5.41) is 11.8. The van der Waals surface area contributed by atoms with Crippen LogP contribution in [0, 0.1) is 10.1 Å². The monoisotopic (exact) mass is 375 g/mol. The number of carbonyl (C=O) groups is 1. The molecule has 0 saturated carbocycles. The topological polar surface area (TPSA) is 85.6 Å². The largest absolute Gasteiger partial charge is 0.465 e. The molecule has 3 rings (SSSR count). The highest BCUT2D eigenvalue weighted by molar-refractivity contribution is 7.15. The van der Waals surface area contributed by atoms with Crippen LogP contribution in [0.3, 0.4) is 0 Å². The lowest BCUT2D eigenvalue weighted by Crippen LogP contribution is -2.37. The lowest BCUT2D eigenvalue weighted by Gasteiger charge is -2.30. The zero-order valence-electron chi connectivity index (χ0n) is 14.6. The van der Waals surface area contributed by atoms with Crippen LogP contribution in [0.5, 0.6) is 0 Å². The van der Waals surface area contributed by atoms with Crippen molar-refractivity contribution < 1.29 is 14.5 Å². The van der Waals surface area contributed by atoms with Crippen molar-refractivity contribution >= 4 is 23.0 Å². The number of thiazole rings is 1. The van der Waals surface area contributed by atoms with Crippen molar-refractivity contribution in [3.63, 3.8) is 0 Å². The third-order valence-corrected chi connectivity index (χ3v) is 5.69. The van der Waals surface area contributed by atoms with E-state index in [0.29, 0.717) is 19.1 Å². The second-order valence-corrected chi connectivity index (χ2v) is 7.28. The predicted molar refractivity (Wildman–Crippen MR) is 99.3 cm³/mol. The highest BCUT2D eigenvalue weighted by Crippen LogP contribution is 2.35. The van der Waals surface area contributed by atoms with Crippen LogP contribution in [0.15, 0.2) is 30.5 Å². The fourth-order valence-corrected chi connectivity index (χ4v) is 4.18. The molecule has 7 nitrogen and oxygen atoms in total. The van der Waals surface area contributed by atoms with Gasteiger partial charge in [-0.15, -0.1) is 11.3 Å². The van der Waals surface area contributed by atoms with Crippen molar-refractivity contribution in [2.24, 2.45) is 0 Å². The molecule has 1 aliphatic rings. The van der Waals surface area contributed by atoms with E-state index in [0.717, 1.165) is 41.4 Å². The second kappa shape index (κ2) is 8.37. The van der Waals surface area contributed by atoms with Crippen molar-refractivity contribution in [1.82, 2.24) is 9.88 Å². The molecule has 0 unspecified atom stereocenters. The Morgan fingerprint density at radius 3 is 2.65 bits per heavy atom. The van der Waals surface area contributed by atoms with Gasteiger partial charge in [0.25, 0.3) is 5.69 Å². The van der Waals surface area contributed by atoms with Crippen LogP contribution in [0.2, 0.25) is 0 Å². The number of carbonyl (C=O) groups excluding carboxylic acids is 1. The molecule has 0 radical (unpaired) electrons. The Balaban J connectivity index is 1.59. The van der Waals surface area contributed by atoms with Gasteiger partial charge in [0.05, 0.1) is 28.0 Å². The van der Waals surface area contributed by atoms with Gasteiger partial charge < -0.3 is 4.74 Å². The molecule has 138 valence electrons. The molecular formula is C18H21N3O4S. The van der Waals surface area contributed by atoms with Crippen LogP contribution < -0.4 is 0 Å². The predicted octanol–water partition coefficient (Wildman–Crippen LogP) is 3.46. The molecule has 0 N–H and O–H groups in total. The average molecular weight is 375 g/mol. The highest BCUT2D eigenvalue weighted by atomic mass is 32.1. The molecule has 0 bridgehead atoms. The average Bonchev–Trinajstić information content (AvgIpc) is 3.13. The van der Waals surface area contributed by atoms with Crippen molar-refractivity contribution in [3.05, 3.63) is 45.6 Å². The molecule has 1 saturated heterocycles. The lowest BCUT2D eigenvalue weighted by molar-refractivity contribution is -0.384. The third kappa shape index (κ3) is 4.44. The Morgan fingerprint density at radius 1 is 1.35 bits per heavy atom. The quantitative estimate of drug-likeness (QED) is 0.437. The van der Waals surface area contributed by atoms with Crippen LogP contribution in [0.25, 0.3) is 10.4 Å². The maximum absolute atomic E-state index is 11.6. The van der Waals surface area contributed by atoms with Crippen LogP contribution in [0.1, 0.15) is 30.7 Å². The number of aromatic nitrogens is 1. The summed E-state index contributed by atoms with van der Waals surface area (Å²) in [6.07, 6.45) is 3.77. The number of rotatable bonds is 6. The number of nitrogens with zero attached hydrogens (tertiary/aromatic N) is 3. The van der Waals surface area contributed by atoms with Crippen molar-refractivity contribution in [2.75, 3.05) is 26.2 Å². The molecule has 26 heavy (non-hydrogen) atoms. The van der Waals surface area contributed by atoms with Crippen molar-refractivity contribution in [3.8, 4) is 10.4 Å². The number of nitro benzene ring substituents is 1. The lowest BCUT2D eigenvalue weighted by atomic mass is 9.97. The van der Waals surface area contributed by atoms with E-state index in [1.54, 1.807) is 23.5 Å². The van der Waals surface area contributed by atoms with Crippen molar-refractivity contribution in [2.45, 2.75) is 25.7 Å². The van der Waals surface area contributed by atoms with Gasteiger partial charge in [-0.1, -0.05) is 0 Å². The van der Waals surface area contributed by atoms with E-state index in [-0.39, 0.29) is 11.7 Å². The molecule has 1 aromatic heterocycles. The molecular weight excluding hydrogens is 354 g/mol. The Hall–Kier alpha value is -2.32. The summed E-state index contributed by atoms with van der Waals surface area (Å²) in [4.78, 5) is 29.6. The number of non-ortho nitro benzene ring substituents is 1. The maximum atomic E-state index is 11.6. The van der Waals surface area contributed by atoms with E-state index in [4.69, 9.17) is 4.74 Å². The molecule has 1 aromatic carbocycles. The molecule has 8 heteroatoms. The number of benzene rings is 1. The first-order chi connectivity index (χ1) is 12.6. The summed E-state index contributed by atoms with van der Waals surface area (Å²) in [6.45, 7) is 4.30. The Labute approximate surface area is 155 Å². The number of likely N-dealkylation sites (tertiary alicyclic amines) is 1. The van der Waals surface area contributed by atoms with Gasteiger partial charge in [-0.2, -0.15) is 0 Å². The first kappa shape index (κ1) is 18.5. The zero-order valence-corrected chi connectivity index (χ0v) is 15.4. The fourth-order valence-electron chi connectivity index (χ4n) is 3.08. The van der Waals surface area contributed by atoms with Gasteiger partial charge in [0.2, 0.25) is 0 Å². The molecule has 0 atom stereocenters. The van der Waals surface area contributed by atoms with E-state index in [9.17, 15) is 14.9 Å². The minimum Gasteiger partial charge on any atom is -0.465 e. The van der Waals surface area contributed by atoms with Gasteiger partial charge >= 0.3 is 5.97 Å². The third-order valence-electron chi connectivity index (χ3n) is 4.48. The van der Waals surface area contributed by atoms with Crippen LogP contribution >= 0.6 is 11.3 Å². The Morgan fingerprint density at radius 2 is 2.04 bits per heavy atom. The standard InChI is InChI=1S/C18H21N3O4S/c1-2-25-17(22)12-20-9-7-14(8-10-20)18-19-11-16(26-18)13-3-5-15(6-4-13)21(23)24/h3-6,11,14H,2,7-10,12H2,1H3. The normalized spacial score (nSPS) is 15.7. The highest BCUT2D eigenvalue weighted by Gasteiger charge is 2.24. The first-order valence-corrected chi connectivity index (χ1v) is 9.47. The molecule has 0 aliphatic carbocycles. The number of piperidine rings is 1. The minimum absolute atomic E-state index is 0.0902. The van der Waals surface area contributed by atoms with Crippen LogP contribution in [-0.4, -0.2) is 47.0 Å². The van der Waals surface area contributed by atoms with E-state index in [2.05, 4.69) is 9.88 Å². The van der Waals surface area contributed by atoms with E-state index in [1.807, 2.05) is 13.1 Å². The van der Waals surface area contributed by atoms with E-state index in [1.165, 1.54) is 12.1 Å².